The Morgan fingerprint density at radius 1 is 1.18 bits per heavy atom. The highest BCUT2D eigenvalue weighted by Crippen LogP contribution is 2.43. The molecule has 1 saturated carbocycles. The molecule has 0 aliphatic heterocycles. The number of anilines is 1. The van der Waals surface area contributed by atoms with E-state index < -0.39 is 0 Å². The molecule has 1 nitrogen and oxygen atoms in total. The Labute approximate surface area is 110 Å². The molecule has 0 bridgehead atoms. The van der Waals surface area contributed by atoms with Gasteiger partial charge in [0.1, 0.15) is 0 Å². The van der Waals surface area contributed by atoms with E-state index in [4.69, 9.17) is 5.73 Å². The zero-order chi connectivity index (χ0) is 12.7. The molecule has 96 valence electrons. The average Bonchev–Trinajstić information content (AvgIpc) is 2.32. The molecule has 2 N–H and O–H groups in total. The van der Waals surface area contributed by atoms with E-state index in [0.717, 1.165) is 11.4 Å². The number of thioether (sulfide) groups is 1. The first kappa shape index (κ1) is 14.4. The van der Waals surface area contributed by atoms with Crippen LogP contribution >= 0.6 is 11.8 Å². The molecule has 0 unspecified atom stereocenters. The van der Waals surface area contributed by atoms with Crippen LogP contribution in [0.15, 0.2) is 24.3 Å². The van der Waals surface area contributed by atoms with Crippen LogP contribution in [0.1, 0.15) is 45.6 Å². The van der Waals surface area contributed by atoms with Crippen LogP contribution in [-0.2, 0) is 5.75 Å². The summed E-state index contributed by atoms with van der Waals surface area (Å²) in [5.41, 5.74) is 8.53. The number of rotatable bonds is 4. The highest BCUT2D eigenvalue weighted by Gasteiger charge is 2.31. The van der Waals surface area contributed by atoms with Gasteiger partial charge in [-0.3, -0.25) is 0 Å². The third-order valence-corrected chi connectivity index (χ3v) is 4.70. The number of hydrogen-bond acceptors (Lipinski definition) is 2. The largest absolute Gasteiger partial charge is 0.399 e. The maximum absolute atomic E-state index is 5.65. The second-order valence-electron chi connectivity index (χ2n) is 4.90. The fraction of sp³-hybridized carbons (Fsp3) is 0.600. The van der Waals surface area contributed by atoms with Crippen LogP contribution in [0.5, 0.6) is 0 Å². The van der Waals surface area contributed by atoms with E-state index in [-0.39, 0.29) is 0 Å². The molecule has 0 amide bonds. The normalized spacial score (nSPS) is 16.6. The topological polar surface area (TPSA) is 26.0 Å². The summed E-state index contributed by atoms with van der Waals surface area (Å²) in [5.74, 6) is 2.42. The molecular formula is C15H25NS. The van der Waals surface area contributed by atoms with Crippen molar-refractivity contribution in [3.05, 3.63) is 29.8 Å². The van der Waals surface area contributed by atoms with Crippen molar-refractivity contribution in [1.82, 2.24) is 0 Å². The molecular weight excluding hydrogens is 226 g/mol. The van der Waals surface area contributed by atoms with Gasteiger partial charge in [0.2, 0.25) is 0 Å². The first-order valence-electron chi connectivity index (χ1n) is 6.60. The summed E-state index contributed by atoms with van der Waals surface area (Å²) in [5, 5.41) is 0. The molecule has 1 aromatic rings. The smallest absolute Gasteiger partial charge is 0.0314 e. The van der Waals surface area contributed by atoms with Gasteiger partial charge in [-0.1, -0.05) is 39.3 Å². The molecule has 0 aromatic heterocycles. The third kappa shape index (κ3) is 4.63. The molecule has 1 aromatic carbocycles. The van der Waals surface area contributed by atoms with Crippen molar-refractivity contribution in [2.45, 2.75) is 45.8 Å². The zero-order valence-corrected chi connectivity index (χ0v) is 12.1. The lowest BCUT2D eigenvalue weighted by Gasteiger charge is -2.38. The molecule has 0 heterocycles. The van der Waals surface area contributed by atoms with Gasteiger partial charge in [-0.05, 0) is 41.7 Å². The van der Waals surface area contributed by atoms with Gasteiger partial charge in [-0.15, -0.1) is 0 Å². The number of hydrogen-bond donors (Lipinski definition) is 1. The van der Waals surface area contributed by atoms with Gasteiger partial charge < -0.3 is 5.73 Å². The van der Waals surface area contributed by atoms with Crippen molar-refractivity contribution in [2.24, 2.45) is 5.41 Å². The summed E-state index contributed by atoms with van der Waals surface area (Å²) in [6, 6.07) is 8.23. The second-order valence-corrected chi connectivity index (χ2v) is 5.88. The quantitative estimate of drug-likeness (QED) is 0.784. The van der Waals surface area contributed by atoms with Crippen molar-refractivity contribution in [3.63, 3.8) is 0 Å². The fourth-order valence-corrected chi connectivity index (χ4v) is 3.27. The lowest BCUT2D eigenvalue weighted by atomic mass is 9.72. The lowest BCUT2D eigenvalue weighted by molar-refractivity contribution is 0.197. The maximum Gasteiger partial charge on any atom is 0.0314 e. The van der Waals surface area contributed by atoms with Crippen molar-refractivity contribution in [2.75, 3.05) is 11.5 Å². The minimum atomic E-state index is 0.637. The SMILES string of the molecule is CC.CC1(CSCc2ccc(N)cc2)CCC1. The van der Waals surface area contributed by atoms with Crippen LogP contribution in [-0.4, -0.2) is 5.75 Å². The van der Waals surface area contributed by atoms with E-state index in [1.165, 1.54) is 30.6 Å². The van der Waals surface area contributed by atoms with Gasteiger partial charge in [0.05, 0.1) is 0 Å². The summed E-state index contributed by atoms with van der Waals surface area (Å²) in [7, 11) is 0. The molecule has 0 saturated heterocycles. The van der Waals surface area contributed by atoms with Crippen LogP contribution in [0.4, 0.5) is 5.69 Å². The predicted octanol–water partition coefficient (Wildman–Crippen LogP) is 4.72. The third-order valence-electron chi connectivity index (χ3n) is 3.26. The van der Waals surface area contributed by atoms with Crippen molar-refractivity contribution in [1.29, 1.82) is 0 Å². The Morgan fingerprint density at radius 3 is 2.24 bits per heavy atom. The van der Waals surface area contributed by atoms with E-state index >= 15 is 0 Å². The van der Waals surface area contributed by atoms with Crippen LogP contribution in [0.25, 0.3) is 0 Å². The molecule has 0 radical (unpaired) electrons. The fourth-order valence-electron chi connectivity index (χ4n) is 1.95. The van der Waals surface area contributed by atoms with Crippen molar-refractivity contribution < 1.29 is 0 Å². The van der Waals surface area contributed by atoms with E-state index in [2.05, 4.69) is 30.8 Å². The first-order chi connectivity index (χ1) is 8.18. The van der Waals surface area contributed by atoms with Gasteiger partial charge in [0.15, 0.2) is 0 Å². The Kier molecular flexibility index (Phi) is 5.90. The van der Waals surface area contributed by atoms with Gasteiger partial charge >= 0.3 is 0 Å². The number of benzene rings is 1. The van der Waals surface area contributed by atoms with Crippen molar-refractivity contribution in [3.8, 4) is 0 Å². The zero-order valence-electron chi connectivity index (χ0n) is 11.3. The number of nitrogen functional groups attached to an aromatic ring is 1. The van der Waals surface area contributed by atoms with Gasteiger partial charge in [-0.2, -0.15) is 11.8 Å². The Bertz CT molecular complexity index is 314. The van der Waals surface area contributed by atoms with E-state index in [1.807, 2.05) is 26.0 Å². The summed E-state index contributed by atoms with van der Waals surface area (Å²) in [4.78, 5) is 0. The number of nitrogens with two attached hydrogens (primary N) is 1. The van der Waals surface area contributed by atoms with E-state index in [1.54, 1.807) is 0 Å². The minimum Gasteiger partial charge on any atom is -0.399 e. The highest BCUT2D eigenvalue weighted by atomic mass is 32.2. The average molecular weight is 251 g/mol. The molecule has 0 spiro atoms. The molecule has 0 atom stereocenters. The monoisotopic (exact) mass is 251 g/mol. The highest BCUT2D eigenvalue weighted by molar-refractivity contribution is 7.98. The van der Waals surface area contributed by atoms with Crippen LogP contribution in [0.2, 0.25) is 0 Å². The minimum absolute atomic E-state index is 0.637. The maximum atomic E-state index is 5.65. The summed E-state index contributed by atoms with van der Waals surface area (Å²) >= 11 is 2.05. The van der Waals surface area contributed by atoms with Crippen LogP contribution < -0.4 is 5.73 Å². The molecule has 17 heavy (non-hydrogen) atoms. The molecule has 2 rings (SSSR count). The van der Waals surface area contributed by atoms with Crippen molar-refractivity contribution >= 4 is 17.4 Å². The predicted molar refractivity (Wildman–Crippen MR) is 80.3 cm³/mol. The summed E-state index contributed by atoms with van der Waals surface area (Å²) < 4.78 is 0. The second kappa shape index (κ2) is 6.95. The Balaban J connectivity index is 0.000000686. The Morgan fingerprint density at radius 2 is 1.76 bits per heavy atom. The van der Waals surface area contributed by atoms with Crippen LogP contribution in [0, 0.1) is 5.41 Å². The first-order valence-corrected chi connectivity index (χ1v) is 7.76. The van der Waals surface area contributed by atoms with E-state index in [0.29, 0.717) is 5.41 Å². The standard InChI is InChI=1S/C13H19NS.C2H6/c1-13(7-2-8-13)10-15-9-11-3-5-12(14)6-4-11;1-2/h3-6H,2,7-10,14H2,1H3;1-2H3. The lowest BCUT2D eigenvalue weighted by Crippen LogP contribution is -2.28. The summed E-state index contributed by atoms with van der Waals surface area (Å²) in [6.07, 6.45) is 4.27. The van der Waals surface area contributed by atoms with Gasteiger partial charge in [0.25, 0.3) is 0 Å². The van der Waals surface area contributed by atoms with Crippen LogP contribution in [0.3, 0.4) is 0 Å². The van der Waals surface area contributed by atoms with E-state index in [9.17, 15) is 0 Å². The Hall–Kier alpha value is -0.630. The molecule has 2 heteroatoms. The molecule has 1 fully saturated rings. The van der Waals surface area contributed by atoms with Gasteiger partial charge in [0, 0.05) is 11.4 Å². The molecule has 1 aliphatic carbocycles. The molecule has 1 aliphatic rings. The summed E-state index contributed by atoms with van der Waals surface area (Å²) in [6.45, 7) is 6.41. The van der Waals surface area contributed by atoms with Gasteiger partial charge in [-0.25, -0.2) is 0 Å².